The van der Waals surface area contributed by atoms with E-state index in [1.165, 1.54) is 17.7 Å². The van der Waals surface area contributed by atoms with Gasteiger partial charge in [0.1, 0.15) is 35.9 Å². The summed E-state index contributed by atoms with van der Waals surface area (Å²) in [6.07, 6.45) is -1.58. The van der Waals surface area contributed by atoms with Gasteiger partial charge in [-0.25, -0.2) is 4.79 Å². The number of carbonyl (C=O) groups excluding carboxylic acids is 1. The lowest BCUT2D eigenvalue weighted by Gasteiger charge is -2.51. The molecule has 0 saturated carbocycles. The molecule has 278 valence electrons. The lowest BCUT2D eigenvalue weighted by atomic mass is 9.60. The van der Waals surface area contributed by atoms with E-state index in [0.29, 0.717) is 28.2 Å². The van der Waals surface area contributed by atoms with Crippen LogP contribution in [0.1, 0.15) is 49.9 Å². The van der Waals surface area contributed by atoms with E-state index in [0.717, 1.165) is 0 Å². The number of rotatable bonds is 11. The number of H-pyrrole nitrogens is 1. The molecule has 0 spiro atoms. The number of hydrogen-bond donors (Lipinski definition) is 3. The molecule has 12 heteroatoms. The summed E-state index contributed by atoms with van der Waals surface area (Å²) in [5, 5.41) is 27.1. The van der Waals surface area contributed by atoms with E-state index in [2.05, 4.69) is 4.98 Å². The van der Waals surface area contributed by atoms with Gasteiger partial charge in [0, 0.05) is 33.0 Å². The van der Waals surface area contributed by atoms with Gasteiger partial charge >= 0.3 is 11.7 Å². The fourth-order valence-corrected chi connectivity index (χ4v) is 11.3. The molecule has 1 aromatic heterocycles. The van der Waals surface area contributed by atoms with Crippen molar-refractivity contribution in [2.75, 3.05) is 20.8 Å². The first-order chi connectivity index (χ1) is 24.5. The van der Waals surface area contributed by atoms with Gasteiger partial charge in [-0.1, -0.05) is 88.5 Å². The summed E-state index contributed by atoms with van der Waals surface area (Å²) in [5.74, 6) is 0.592. The van der Waals surface area contributed by atoms with Crippen molar-refractivity contribution < 1.29 is 34.0 Å². The molecule has 11 nitrogen and oxygen atoms in total. The first kappa shape index (κ1) is 38.7. The number of aryl methyl sites for hydroxylation is 1. The van der Waals surface area contributed by atoms with Crippen molar-refractivity contribution in [1.29, 1.82) is 0 Å². The number of ether oxygens (including phenoxy) is 4. The molecule has 1 aliphatic rings. The minimum atomic E-state index is -2.19. The van der Waals surface area contributed by atoms with Crippen molar-refractivity contribution in [3.63, 3.8) is 0 Å². The second kappa shape index (κ2) is 14.5. The average molecular weight is 731 g/mol. The Bertz CT molecular complexity index is 1940. The van der Waals surface area contributed by atoms with E-state index in [1.807, 2.05) is 113 Å². The third kappa shape index (κ3) is 6.31. The molecule has 0 aliphatic carbocycles. The Morgan fingerprint density at radius 2 is 1.42 bits per heavy atom. The van der Waals surface area contributed by atoms with Gasteiger partial charge < -0.3 is 29.2 Å². The molecule has 0 amide bonds. The number of nitrogens with one attached hydrogen (secondary N) is 1. The zero-order valence-corrected chi connectivity index (χ0v) is 32.5. The molecule has 52 heavy (non-hydrogen) atoms. The Balaban J connectivity index is 1.93. The molecule has 1 saturated heterocycles. The lowest BCUT2D eigenvalue weighted by molar-refractivity contribution is -0.196. The molecule has 2 heterocycles. The zero-order valence-electron chi connectivity index (χ0n) is 31.3. The molecular weight excluding hydrogens is 681 g/mol. The minimum absolute atomic E-state index is 0.216. The van der Waals surface area contributed by atoms with Crippen LogP contribution in [0.4, 0.5) is 0 Å². The summed E-state index contributed by atoms with van der Waals surface area (Å²) in [5.41, 5.74) is -6.03. The van der Waals surface area contributed by atoms with Crippen LogP contribution in [0, 0.1) is 12.3 Å². The van der Waals surface area contributed by atoms with Crippen molar-refractivity contribution >= 4 is 14.8 Å². The fourth-order valence-electron chi connectivity index (χ4n) is 8.23. The Morgan fingerprint density at radius 3 is 1.87 bits per heavy atom. The van der Waals surface area contributed by atoms with Crippen LogP contribution in [0.2, 0.25) is 18.6 Å². The van der Waals surface area contributed by atoms with E-state index < -0.39 is 72.5 Å². The van der Waals surface area contributed by atoms with Crippen LogP contribution < -0.4 is 20.7 Å². The molecular formula is C40H50N2O9Si. The van der Waals surface area contributed by atoms with Crippen molar-refractivity contribution in [2.24, 2.45) is 5.41 Å². The van der Waals surface area contributed by atoms with E-state index in [1.54, 1.807) is 21.1 Å². The van der Waals surface area contributed by atoms with E-state index in [4.69, 9.17) is 18.9 Å². The monoisotopic (exact) mass is 730 g/mol. The summed E-state index contributed by atoms with van der Waals surface area (Å²) in [4.78, 5) is 41.4. The number of aromatic amines is 1. The van der Waals surface area contributed by atoms with Crippen LogP contribution in [0.25, 0.3) is 0 Å². The predicted octanol–water partition coefficient (Wildman–Crippen LogP) is 4.51. The first-order valence-electron chi connectivity index (χ1n) is 17.4. The van der Waals surface area contributed by atoms with Crippen LogP contribution in [0.15, 0.2) is 94.6 Å². The number of esters is 1. The molecule has 2 unspecified atom stereocenters. The SMILES string of the molecule is COc1ccc(C(c2ccccc2)(c2ccc(OC)cc2)C(O)[C@H]2O[C@@](COC(C)=O)(n3cc(C)c(=O)[nH]c3=O)C([SiH](C)C)[C@@]2(O)C(C)(C)C)cc1. The van der Waals surface area contributed by atoms with E-state index in [9.17, 15) is 24.6 Å². The number of aromatic nitrogens is 2. The third-order valence-electron chi connectivity index (χ3n) is 10.7. The summed E-state index contributed by atoms with van der Waals surface area (Å²) in [7, 11) is 0.959. The highest BCUT2D eigenvalue weighted by molar-refractivity contribution is 6.58. The van der Waals surface area contributed by atoms with Crippen molar-refractivity contribution in [2.45, 2.75) is 82.2 Å². The number of benzene rings is 3. The van der Waals surface area contributed by atoms with Gasteiger partial charge in [-0.15, -0.1) is 0 Å². The number of nitrogens with zero attached hydrogens (tertiary/aromatic N) is 1. The van der Waals surface area contributed by atoms with Gasteiger partial charge in [-0.2, -0.15) is 0 Å². The molecule has 3 aromatic carbocycles. The van der Waals surface area contributed by atoms with Crippen LogP contribution in [0.5, 0.6) is 11.5 Å². The number of carbonyl (C=O) groups is 1. The largest absolute Gasteiger partial charge is 0.497 e. The second-order valence-electron chi connectivity index (χ2n) is 15.0. The molecule has 0 bridgehead atoms. The maximum absolute atomic E-state index is 13.9. The predicted molar refractivity (Wildman–Crippen MR) is 201 cm³/mol. The van der Waals surface area contributed by atoms with Gasteiger partial charge in [-0.3, -0.25) is 19.1 Å². The van der Waals surface area contributed by atoms with Crippen LogP contribution in [-0.4, -0.2) is 73.2 Å². The molecule has 3 N–H and O–H groups in total. The molecule has 1 fully saturated rings. The standard InChI is InChI=1S/C40H50N2O9Si/c1-25-23-42(36(46)41-34(25)45)38(24-50-26(2)43)35(52(8)9)40(47,37(3,4)5)33(51-38)32(44)39(27-13-11-10-12-14-27,28-15-19-30(48-6)20-16-28)29-17-21-31(49-7)22-18-29/h10-23,32-33,35,44,47,52H,24H2,1-9H3,(H,41,45,46)/t32?,33-,35?,38-,40-/m1/s1. The van der Waals surface area contributed by atoms with Crippen LogP contribution >= 0.6 is 0 Å². The van der Waals surface area contributed by atoms with Gasteiger partial charge in [0.05, 0.1) is 19.6 Å². The van der Waals surface area contributed by atoms with Crippen molar-refractivity contribution in [1.82, 2.24) is 9.55 Å². The lowest BCUT2D eigenvalue weighted by Crippen LogP contribution is -2.63. The summed E-state index contributed by atoms with van der Waals surface area (Å²) in [6, 6.07) is 24.2. The minimum Gasteiger partial charge on any atom is -0.497 e. The highest BCUT2D eigenvalue weighted by atomic mass is 28.3. The number of methoxy groups -OCH3 is 2. The number of aliphatic hydroxyl groups excluding tert-OH is 1. The number of aliphatic hydroxyl groups is 2. The topological polar surface area (TPSA) is 149 Å². The molecule has 1 aliphatic heterocycles. The summed E-state index contributed by atoms with van der Waals surface area (Å²) >= 11 is 0. The van der Waals surface area contributed by atoms with Crippen molar-refractivity contribution in [3.05, 3.63) is 128 Å². The van der Waals surface area contributed by atoms with Gasteiger partial charge in [0.2, 0.25) is 0 Å². The summed E-state index contributed by atoms with van der Waals surface area (Å²) < 4.78 is 25.1. The molecule has 4 aromatic rings. The average Bonchev–Trinajstić information content (AvgIpc) is 3.40. The maximum atomic E-state index is 13.9. The number of hydrogen-bond acceptors (Lipinski definition) is 9. The third-order valence-corrected chi connectivity index (χ3v) is 13.0. The second-order valence-corrected chi connectivity index (χ2v) is 18.1. The van der Waals surface area contributed by atoms with Gasteiger partial charge in [0.15, 0.2) is 5.72 Å². The van der Waals surface area contributed by atoms with Crippen LogP contribution in [0.3, 0.4) is 0 Å². The highest BCUT2D eigenvalue weighted by Gasteiger charge is 2.72. The first-order valence-corrected chi connectivity index (χ1v) is 20.4. The highest BCUT2D eigenvalue weighted by Crippen LogP contribution is 2.61. The van der Waals surface area contributed by atoms with E-state index >= 15 is 0 Å². The zero-order chi connectivity index (χ0) is 38.2. The molecule has 0 radical (unpaired) electrons. The molecule has 5 atom stereocenters. The smallest absolute Gasteiger partial charge is 0.330 e. The fraction of sp³-hybridized carbons (Fsp3) is 0.425. The van der Waals surface area contributed by atoms with E-state index in [-0.39, 0.29) is 5.56 Å². The quantitative estimate of drug-likeness (QED) is 0.115. The maximum Gasteiger partial charge on any atom is 0.330 e. The van der Waals surface area contributed by atoms with Gasteiger partial charge in [0.25, 0.3) is 5.56 Å². The van der Waals surface area contributed by atoms with Gasteiger partial charge in [-0.05, 0) is 53.3 Å². The Morgan fingerprint density at radius 1 is 0.923 bits per heavy atom. The van der Waals surface area contributed by atoms with Crippen LogP contribution in [-0.2, 0) is 25.4 Å². The van der Waals surface area contributed by atoms with Crippen molar-refractivity contribution in [3.8, 4) is 11.5 Å². The molecule has 5 rings (SSSR count). The Labute approximate surface area is 305 Å². The summed E-state index contributed by atoms with van der Waals surface area (Å²) in [6.45, 7) is 12.0. The Kier molecular flexibility index (Phi) is 10.8. The normalized spacial score (nSPS) is 22.6. The Hall–Kier alpha value is -4.49.